The van der Waals surface area contributed by atoms with E-state index in [9.17, 15) is 9.59 Å². The molecule has 1 heterocycles. The summed E-state index contributed by atoms with van der Waals surface area (Å²) in [6, 6.07) is 3.27. The molecule has 5 nitrogen and oxygen atoms in total. The first kappa shape index (κ1) is 16.9. The van der Waals surface area contributed by atoms with Crippen LogP contribution in [-0.4, -0.2) is 54.9 Å². The van der Waals surface area contributed by atoms with E-state index in [0.29, 0.717) is 47.5 Å². The lowest BCUT2D eigenvalue weighted by molar-refractivity contribution is -0.138. The molecule has 0 saturated carbocycles. The number of halogens is 2. The normalized spacial score (nSPS) is 14.9. The largest absolute Gasteiger partial charge is 0.495 e. The first-order chi connectivity index (χ1) is 10.4. The van der Waals surface area contributed by atoms with E-state index in [2.05, 4.69) is 0 Å². The van der Waals surface area contributed by atoms with Gasteiger partial charge in [0.25, 0.3) is 0 Å². The molecule has 0 unspecified atom stereocenters. The molecule has 1 aliphatic rings. The zero-order valence-electron chi connectivity index (χ0n) is 12.6. The molecule has 120 valence electrons. The molecular weight excluding hydrogens is 327 g/mol. The fourth-order valence-electron chi connectivity index (χ4n) is 2.41. The van der Waals surface area contributed by atoms with Gasteiger partial charge in [-0.2, -0.15) is 0 Å². The molecule has 0 spiro atoms. The standard InChI is InChI=1S/C15H18Cl2N2O3/c1-10(20)18-3-5-19(6-4-18)15(21)8-11-7-13(17)14(22-2)9-12(11)16/h7,9H,3-6,8H2,1-2H3. The van der Waals surface area contributed by atoms with Crippen LogP contribution in [0.2, 0.25) is 10.0 Å². The van der Waals surface area contributed by atoms with Crippen molar-refractivity contribution in [1.29, 1.82) is 0 Å². The molecule has 1 aromatic rings. The summed E-state index contributed by atoms with van der Waals surface area (Å²) >= 11 is 12.2. The number of methoxy groups -OCH3 is 1. The second kappa shape index (κ2) is 7.20. The summed E-state index contributed by atoms with van der Waals surface area (Å²) in [5.74, 6) is 0.501. The zero-order valence-corrected chi connectivity index (χ0v) is 14.1. The van der Waals surface area contributed by atoms with E-state index in [4.69, 9.17) is 27.9 Å². The highest BCUT2D eigenvalue weighted by molar-refractivity contribution is 6.34. The molecule has 0 aliphatic carbocycles. The van der Waals surface area contributed by atoms with Crippen molar-refractivity contribution in [2.24, 2.45) is 0 Å². The van der Waals surface area contributed by atoms with Crippen LogP contribution in [0, 0.1) is 0 Å². The van der Waals surface area contributed by atoms with Gasteiger partial charge in [0.05, 0.1) is 18.6 Å². The van der Waals surface area contributed by atoms with Gasteiger partial charge < -0.3 is 14.5 Å². The van der Waals surface area contributed by atoms with E-state index < -0.39 is 0 Å². The fourth-order valence-corrected chi connectivity index (χ4v) is 2.89. The Morgan fingerprint density at radius 3 is 2.23 bits per heavy atom. The van der Waals surface area contributed by atoms with Gasteiger partial charge in [-0.3, -0.25) is 9.59 Å². The molecule has 0 radical (unpaired) electrons. The van der Waals surface area contributed by atoms with Crippen molar-refractivity contribution in [3.63, 3.8) is 0 Å². The number of rotatable bonds is 3. The first-order valence-electron chi connectivity index (χ1n) is 6.97. The molecule has 0 atom stereocenters. The highest BCUT2D eigenvalue weighted by Gasteiger charge is 2.23. The summed E-state index contributed by atoms with van der Waals surface area (Å²) in [6.45, 7) is 3.76. The lowest BCUT2D eigenvalue weighted by Crippen LogP contribution is -2.50. The number of amides is 2. The molecule has 1 saturated heterocycles. The monoisotopic (exact) mass is 344 g/mol. The topological polar surface area (TPSA) is 49.9 Å². The molecule has 2 amide bonds. The van der Waals surface area contributed by atoms with Crippen LogP contribution in [0.3, 0.4) is 0 Å². The maximum atomic E-state index is 12.4. The van der Waals surface area contributed by atoms with Crippen LogP contribution >= 0.6 is 23.2 Å². The Balaban J connectivity index is 2.01. The van der Waals surface area contributed by atoms with Crippen molar-refractivity contribution in [2.45, 2.75) is 13.3 Å². The minimum absolute atomic E-state index is 0.0219. The first-order valence-corrected chi connectivity index (χ1v) is 7.73. The number of carbonyl (C=O) groups excluding carboxylic acids is 2. The fraction of sp³-hybridized carbons (Fsp3) is 0.467. The van der Waals surface area contributed by atoms with Crippen LogP contribution in [0.5, 0.6) is 5.75 Å². The summed E-state index contributed by atoms with van der Waals surface area (Å²) < 4.78 is 5.09. The van der Waals surface area contributed by atoms with Crippen LogP contribution < -0.4 is 4.74 Å². The van der Waals surface area contributed by atoms with Crippen molar-refractivity contribution in [1.82, 2.24) is 9.80 Å². The van der Waals surface area contributed by atoms with E-state index in [1.807, 2.05) is 0 Å². The minimum atomic E-state index is -0.0219. The van der Waals surface area contributed by atoms with E-state index in [1.165, 1.54) is 14.0 Å². The van der Waals surface area contributed by atoms with Gasteiger partial charge in [0.2, 0.25) is 11.8 Å². The van der Waals surface area contributed by atoms with Crippen molar-refractivity contribution in [2.75, 3.05) is 33.3 Å². The second-order valence-electron chi connectivity index (χ2n) is 5.14. The van der Waals surface area contributed by atoms with Crippen LogP contribution in [0.25, 0.3) is 0 Å². The minimum Gasteiger partial charge on any atom is -0.495 e. The summed E-state index contributed by atoms with van der Waals surface area (Å²) in [7, 11) is 1.51. The summed E-state index contributed by atoms with van der Waals surface area (Å²) in [6.07, 6.45) is 0.183. The van der Waals surface area contributed by atoms with Crippen LogP contribution in [-0.2, 0) is 16.0 Å². The Hall–Kier alpha value is -1.46. The molecule has 22 heavy (non-hydrogen) atoms. The summed E-state index contributed by atoms with van der Waals surface area (Å²) in [4.78, 5) is 27.1. The number of ether oxygens (including phenoxy) is 1. The predicted molar refractivity (Wildman–Crippen MR) is 85.6 cm³/mol. The predicted octanol–water partition coefficient (Wildman–Crippen LogP) is 2.24. The number of nitrogens with zero attached hydrogens (tertiary/aromatic N) is 2. The van der Waals surface area contributed by atoms with Gasteiger partial charge in [-0.25, -0.2) is 0 Å². The highest BCUT2D eigenvalue weighted by atomic mass is 35.5. The maximum Gasteiger partial charge on any atom is 0.227 e. The Bertz CT molecular complexity index is 584. The number of benzene rings is 1. The number of hydrogen-bond acceptors (Lipinski definition) is 3. The van der Waals surface area contributed by atoms with Gasteiger partial charge in [-0.05, 0) is 11.6 Å². The van der Waals surface area contributed by atoms with Crippen molar-refractivity contribution >= 4 is 35.0 Å². The van der Waals surface area contributed by atoms with E-state index in [-0.39, 0.29) is 18.2 Å². The van der Waals surface area contributed by atoms with Crippen molar-refractivity contribution < 1.29 is 14.3 Å². The third kappa shape index (κ3) is 3.84. The number of hydrogen-bond donors (Lipinski definition) is 0. The van der Waals surface area contributed by atoms with Gasteiger partial charge in [0.15, 0.2) is 0 Å². The van der Waals surface area contributed by atoms with Gasteiger partial charge >= 0.3 is 0 Å². The summed E-state index contributed by atoms with van der Waals surface area (Å²) in [5.41, 5.74) is 0.673. The quantitative estimate of drug-likeness (QED) is 0.844. The molecular formula is C15H18Cl2N2O3. The smallest absolute Gasteiger partial charge is 0.227 e. The van der Waals surface area contributed by atoms with Gasteiger partial charge in [0, 0.05) is 44.2 Å². The van der Waals surface area contributed by atoms with Crippen LogP contribution in [0.1, 0.15) is 12.5 Å². The van der Waals surface area contributed by atoms with Gasteiger partial charge in [-0.1, -0.05) is 23.2 Å². The third-order valence-corrected chi connectivity index (χ3v) is 4.39. The SMILES string of the molecule is COc1cc(Cl)c(CC(=O)N2CCN(C(C)=O)CC2)cc1Cl. The van der Waals surface area contributed by atoms with Crippen LogP contribution in [0.4, 0.5) is 0 Å². The van der Waals surface area contributed by atoms with Gasteiger partial charge in [0.1, 0.15) is 5.75 Å². The molecule has 0 aromatic heterocycles. The average molecular weight is 345 g/mol. The average Bonchev–Trinajstić information content (AvgIpc) is 2.50. The molecule has 0 bridgehead atoms. The molecule has 1 aliphatic heterocycles. The molecule has 1 aromatic carbocycles. The number of piperazine rings is 1. The van der Waals surface area contributed by atoms with Crippen molar-refractivity contribution in [3.05, 3.63) is 27.7 Å². The lowest BCUT2D eigenvalue weighted by Gasteiger charge is -2.34. The Morgan fingerprint density at radius 2 is 1.68 bits per heavy atom. The zero-order chi connectivity index (χ0) is 16.3. The highest BCUT2D eigenvalue weighted by Crippen LogP contribution is 2.31. The van der Waals surface area contributed by atoms with E-state index in [1.54, 1.807) is 21.9 Å². The maximum absolute atomic E-state index is 12.4. The van der Waals surface area contributed by atoms with E-state index >= 15 is 0 Å². The number of carbonyl (C=O) groups is 2. The molecule has 1 fully saturated rings. The molecule has 0 N–H and O–H groups in total. The lowest BCUT2D eigenvalue weighted by atomic mass is 10.1. The summed E-state index contributed by atoms with van der Waals surface area (Å²) in [5, 5.41) is 0.882. The Morgan fingerprint density at radius 1 is 1.09 bits per heavy atom. The van der Waals surface area contributed by atoms with Gasteiger partial charge in [-0.15, -0.1) is 0 Å². The molecule has 7 heteroatoms. The van der Waals surface area contributed by atoms with E-state index in [0.717, 1.165) is 0 Å². The molecule has 2 rings (SSSR count). The van der Waals surface area contributed by atoms with Crippen LogP contribution in [0.15, 0.2) is 12.1 Å². The van der Waals surface area contributed by atoms with Crippen molar-refractivity contribution in [3.8, 4) is 5.75 Å². The Kier molecular flexibility index (Phi) is 5.53. The third-order valence-electron chi connectivity index (χ3n) is 3.74. The second-order valence-corrected chi connectivity index (χ2v) is 5.96. The Labute approximate surface area is 139 Å².